The fourth-order valence-electron chi connectivity index (χ4n) is 2.44. The molecule has 2 rings (SSSR count). The van der Waals surface area contributed by atoms with Crippen LogP contribution < -0.4 is 0 Å². The minimum absolute atomic E-state index is 0.225. The molecule has 24 heavy (non-hydrogen) atoms. The third-order valence-electron chi connectivity index (χ3n) is 3.64. The lowest BCUT2D eigenvalue weighted by Gasteiger charge is -2.37. The molecule has 0 radical (unpaired) electrons. The summed E-state index contributed by atoms with van der Waals surface area (Å²) in [6.07, 6.45) is -0.298. The molecule has 1 aliphatic rings. The zero-order valence-corrected chi connectivity index (χ0v) is 15.3. The second kappa shape index (κ2) is 6.94. The van der Waals surface area contributed by atoms with Crippen molar-refractivity contribution in [1.82, 2.24) is 14.9 Å². The number of hydrogen-bond acceptors (Lipinski definition) is 5. The highest BCUT2D eigenvalue weighted by atomic mass is 35.5. The smallest absolute Gasteiger partial charge is 0.411 e. The second-order valence-corrected chi connectivity index (χ2v) is 6.97. The van der Waals surface area contributed by atoms with Crippen molar-refractivity contribution >= 4 is 23.6 Å². The number of halogens is 1. The van der Waals surface area contributed by atoms with E-state index >= 15 is 0 Å². The largest absolute Gasteiger partial charge is 0.444 e. The highest BCUT2D eigenvalue weighted by Crippen LogP contribution is 2.26. The Balaban J connectivity index is 2.35. The zero-order valence-electron chi connectivity index (χ0n) is 14.5. The van der Waals surface area contributed by atoms with Gasteiger partial charge in [0.25, 0.3) is 5.91 Å². The van der Waals surface area contributed by atoms with Crippen molar-refractivity contribution in [2.75, 3.05) is 14.2 Å². The summed E-state index contributed by atoms with van der Waals surface area (Å²) in [5.74, 6) is -0.351. The van der Waals surface area contributed by atoms with Crippen LogP contribution in [0.4, 0.5) is 4.79 Å². The van der Waals surface area contributed by atoms with Crippen LogP contribution in [0, 0.1) is 0 Å². The molecule has 1 unspecified atom stereocenters. The van der Waals surface area contributed by atoms with Crippen LogP contribution in [0.25, 0.3) is 0 Å². The van der Waals surface area contributed by atoms with E-state index in [-0.39, 0.29) is 18.9 Å². The predicted octanol–water partition coefficient (Wildman–Crippen LogP) is 2.42. The Hall–Kier alpha value is -1.86. The van der Waals surface area contributed by atoms with Crippen LogP contribution in [0.5, 0.6) is 0 Å². The maximum Gasteiger partial charge on any atom is 0.411 e. The molecule has 0 aromatic carbocycles. The lowest BCUT2D eigenvalue weighted by atomic mass is 9.98. The molecule has 0 N–H and O–H groups in total. The molecular formula is C16H22ClN3O4. The van der Waals surface area contributed by atoms with Gasteiger partial charge in [-0.25, -0.2) is 14.8 Å². The van der Waals surface area contributed by atoms with Gasteiger partial charge in [-0.05, 0) is 32.4 Å². The first-order chi connectivity index (χ1) is 11.1. The van der Waals surface area contributed by atoms with E-state index in [1.165, 1.54) is 19.1 Å². The van der Waals surface area contributed by atoms with Gasteiger partial charge in [-0.3, -0.25) is 14.5 Å². The van der Waals surface area contributed by atoms with E-state index < -0.39 is 17.7 Å². The van der Waals surface area contributed by atoms with Crippen LogP contribution in [-0.2, 0) is 27.3 Å². The van der Waals surface area contributed by atoms with Crippen LogP contribution in [0.1, 0.15) is 32.0 Å². The van der Waals surface area contributed by atoms with Crippen molar-refractivity contribution in [2.45, 2.75) is 45.4 Å². The van der Waals surface area contributed by atoms with E-state index in [1.807, 2.05) is 6.07 Å². The molecule has 0 aliphatic carbocycles. The van der Waals surface area contributed by atoms with Crippen LogP contribution in [-0.4, -0.2) is 52.7 Å². The summed E-state index contributed by atoms with van der Waals surface area (Å²) < 4.78 is 5.44. The molecule has 1 aliphatic heterocycles. The van der Waals surface area contributed by atoms with Crippen LogP contribution in [0.15, 0.2) is 12.1 Å². The summed E-state index contributed by atoms with van der Waals surface area (Å²) in [6, 6.07) is 2.71. The number of nitrogens with zero attached hydrogens (tertiary/aromatic N) is 3. The number of amides is 2. The van der Waals surface area contributed by atoms with Crippen molar-refractivity contribution in [3.8, 4) is 0 Å². The van der Waals surface area contributed by atoms with Gasteiger partial charge in [-0.2, -0.15) is 0 Å². The molecule has 7 nitrogen and oxygen atoms in total. The molecule has 0 bridgehead atoms. The van der Waals surface area contributed by atoms with Gasteiger partial charge in [-0.15, -0.1) is 0 Å². The number of fused-ring (bicyclic) bond motifs is 1. The number of likely N-dealkylation sites (N-methyl/N-ethyl adjacent to an activating group) is 1. The first-order valence-corrected chi connectivity index (χ1v) is 7.96. The van der Waals surface area contributed by atoms with Gasteiger partial charge in [0.05, 0.1) is 13.7 Å². The van der Waals surface area contributed by atoms with Gasteiger partial charge in [-0.1, -0.05) is 17.7 Å². The fraction of sp³-hybridized carbons (Fsp3) is 0.562. The topological polar surface area (TPSA) is 72.0 Å². The molecule has 0 fully saturated rings. The van der Waals surface area contributed by atoms with Gasteiger partial charge in [0.15, 0.2) is 0 Å². The number of ether oxygens (including phenoxy) is 1. The first-order valence-electron chi connectivity index (χ1n) is 7.58. The quantitative estimate of drug-likeness (QED) is 0.601. The lowest BCUT2D eigenvalue weighted by molar-refractivity contribution is -0.174. The molecule has 2 heterocycles. The summed E-state index contributed by atoms with van der Waals surface area (Å²) in [6.45, 7) is 5.56. The molecule has 0 saturated carbocycles. The van der Waals surface area contributed by atoms with E-state index in [0.717, 1.165) is 10.6 Å². The number of rotatable bonds is 2. The van der Waals surface area contributed by atoms with Crippen molar-refractivity contribution in [1.29, 1.82) is 0 Å². The molecule has 1 atom stereocenters. The Morgan fingerprint density at radius 1 is 1.38 bits per heavy atom. The number of carbonyl (C=O) groups is 2. The molecule has 0 spiro atoms. The molecule has 132 valence electrons. The predicted molar refractivity (Wildman–Crippen MR) is 88.3 cm³/mol. The number of pyridine rings is 1. The van der Waals surface area contributed by atoms with Crippen LogP contribution in [0.2, 0.25) is 5.15 Å². The van der Waals surface area contributed by atoms with E-state index in [0.29, 0.717) is 10.8 Å². The van der Waals surface area contributed by atoms with Crippen molar-refractivity contribution < 1.29 is 19.2 Å². The van der Waals surface area contributed by atoms with Crippen LogP contribution >= 0.6 is 11.6 Å². The molecule has 0 saturated heterocycles. The molecule has 8 heteroatoms. The van der Waals surface area contributed by atoms with E-state index in [1.54, 1.807) is 26.8 Å². The number of hydrogen-bond donors (Lipinski definition) is 0. The van der Waals surface area contributed by atoms with Gasteiger partial charge in [0, 0.05) is 19.2 Å². The molecule has 2 amide bonds. The van der Waals surface area contributed by atoms with Gasteiger partial charge in [0.1, 0.15) is 16.8 Å². The van der Waals surface area contributed by atoms with Crippen molar-refractivity contribution in [3.05, 3.63) is 28.5 Å². The third-order valence-corrected chi connectivity index (χ3v) is 3.85. The fourth-order valence-corrected chi connectivity index (χ4v) is 2.61. The van der Waals surface area contributed by atoms with E-state index in [9.17, 15) is 9.59 Å². The normalized spacial score (nSPS) is 17.2. The second-order valence-electron chi connectivity index (χ2n) is 6.59. The molecular weight excluding hydrogens is 334 g/mol. The summed E-state index contributed by atoms with van der Waals surface area (Å²) in [5.41, 5.74) is 0.885. The minimum Gasteiger partial charge on any atom is -0.444 e. The van der Waals surface area contributed by atoms with E-state index in [2.05, 4.69) is 4.98 Å². The summed E-state index contributed by atoms with van der Waals surface area (Å²) in [5, 5.41) is 1.45. The number of aromatic nitrogens is 1. The van der Waals surface area contributed by atoms with Crippen molar-refractivity contribution in [3.63, 3.8) is 0 Å². The summed E-state index contributed by atoms with van der Waals surface area (Å²) in [7, 11) is 2.89. The van der Waals surface area contributed by atoms with Gasteiger partial charge in [0.2, 0.25) is 0 Å². The number of carbonyl (C=O) groups excluding carboxylic acids is 2. The third kappa shape index (κ3) is 4.15. The highest BCUT2D eigenvalue weighted by molar-refractivity contribution is 6.29. The Bertz CT molecular complexity index is 645. The van der Waals surface area contributed by atoms with Crippen LogP contribution in [0.3, 0.4) is 0 Å². The Labute approximate surface area is 146 Å². The summed E-state index contributed by atoms with van der Waals surface area (Å²) >= 11 is 5.94. The standard InChI is InChI=1S/C16H22ClN3O4/c1-16(2,3)24-15(22)20-9-10-6-7-13(17)18-11(10)8-12(20)14(21)19(4)23-5/h6-7,12H,8-9H2,1-5H3. The summed E-state index contributed by atoms with van der Waals surface area (Å²) in [4.78, 5) is 35.8. The van der Waals surface area contributed by atoms with Gasteiger partial charge >= 0.3 is 6.09 Å². The Morgan fingerprint density at radius 2 is 2.04 bits per heavy atom. The number of hydroxylamine groups is 2. The first kappa shape index (κ1) is 18.5. The highest BCUT2D eigenvalue weighted by Gasteiger charge is 2.39. The van der Waals surface area contributed by atoms with Crippen molar-refractivity contribution in [2.24, 2.45) is 0 Å². The van der Waals surface area contributed by atoms with E-state index in [4.69, 9.17) is 21.2 Å². The molecule has 1 aromatic heterocycles. The zero-order chi connectivity index (χ0) is 18.1. The Morgan fingerprint density at radius 3 is 2.62 bits per heavy atom. The lowest BCUT2D eigenvalue weighted by Crippen LogP contribution is -2.53. The average Bonchev–Trinajstić information content (AvgIpc) is 2.50. The van der Waals surface area contributed by atoms with Gasteiger partial charge < -0.3 is 4.74 Å². The average molecular weight is 356 g/mol. The maximum atomic E-state index is 12.6. The monoisotopic (exact) mass is 355 g/mol. The maximum absolute atomic E-state index is 12.6. The molecule has 1 aromatic rings. The Kier molecular flexibility index (Phi) is 5.35. The SMILES string of the molecule is CON(C)C(=O)C1Cc2nc(Cl)ccc2CN1C(=O)OC(C)(C)C. The minimum atomic E-state index is -0.761.